The first-order valence-electron chi connectivity index (χ1n) is 8.89. The lowest BCUT2D eigenvalue weighted by molar-refractivity contribution is -0.116. The monoisotopic (exact) mass is 342 g/mol. The molecule has 0 unspecified atom stereocenters. The summed E-state index contributed by atoms with van der Waals surface area (Å²) < 4.78 is 1.63. The quantitative estimate of drug-likeness (QED) is 0.757. The van der Waals surface area contributed by atoms with Gasteiger partial charge >= 0.3 is 0 Å². The third-order valence-corrected chi connectivity index (χ3v) is 4.10. The van der Waals surface area contributed by atoms with Crippen molar-refractivity contribution < 1.29 is 9.90 Å². The number of hydrogen-bond donors (Lipinski definition) is 2. The second kappa shape index (κ2) is 9.06. The summed E-state index contributed by atoms with van der Waals surface area (Å²) in [5.41, 5.74) is 1.40. The summed E-state index contributed by atoms with van der Waals surface area (Å²) in [4.78, 5) is 25.0. The van der Waals surface area contributed by atoms with Gasteiger partial charge < -0.3 is 15.0 Å². The van der Waals surface area contributed by atoms with Crippen LogP contribution >= 0.6 is 0 Å². The number of benzene rings is 1. The molecule has 0 aliphatic rings. The second-order valence-corrected chi connectivity index (χ2v) is 6.16. The molecule has 1 aromatic heterocycles. The van der Waals surface area contributed by atoms with E-state index in [0.717, 1.165) is 25.7 Å². The van der Waals surface area contributed by atoms with Crippen LogP contribution in [-0.2, 0) is 11.3 Å². The summed E-state index contributed by atoms with van der Waals surface area (Å²) in [7, 11) is 0. The summed E-state index contributed by atoms with van der Waals surface area (Å²) >= 11 is 0. The molecule has 0 spiro atoms. The van der Waals surface area contributed by atoms with Gasteiger partial charge in [0, 0.05) is 24.7 Å². The number of phenolic OH excluding ortho intramolecular Hbond substituents is 1. The Morgan fingerprint density at radius 3 is 2.60 bits per heavy atom. The van der Waals surface area contributed by atoms with Gasteiger partial charge in [0.05, 0.1) is 0 Å². The molecule has 1 aromatic carbocycles. The minimum atomic E-state index is -0.209. The Morgan fingerprint density at radius 2 is 1.92 bits per heavy atom. The molecule has 0 aliphatic carbocycles. The maximum Gasteiger partial charge on any atom is 0.274 e. The number of carbonyl (C=O) groups is 1. The highest BCUT2D eigenvalue weighted by atomic mass is 16.3. The number of pyridine rings is 1. The van der Waals surface area contributed by atoms with Gasteiger partial charge in [-0.3, -0.25) is 9.59 Å². The summed E-state index contributed by atoms with van der Waals surface area (Å²) in [6.07, 6.45) is 5.72. The number of rotatable bonds is 8. The standard InChI is InChI=1S/C20H26N2O3/c1-3-5-10-18(24)21-19-17(15-8-7-9-16(23)14-15)11-13-22(20(19)25)12-6-4-2/h7-9,11,13-14,23H,3-6,10,12H2,1-2H3,(H,21,24). The zero-order valence-electron chi connectivity index (χ0n) is 14.9. The molecule has 0 atom stereocenters. The van der Waals surface area contributed by atoms with Gasteiger partial charge in [-0.15, -0.1) is 0 Å². The van der Waals surface area contributed by atoms with Crippen LogP contribution in [0.3, 0.4) is 0 Å². The average molecular weight is 342 g/mol. The van der Waals surface area contributed by atoms with Crippen LogP contribution in [0.1, 0.15) is 46.0 Å². The van der Waals surface area contributed by atoms with Gasteiger partial charge in [-0.25, -0.2) is 0 Å². The zero-order valence-corrected chi connectivity index (χ0v) is 14.9. The third kappa shape index (κ3) is 4.95. The number of aryl methyl sites for hydroxylation is 1. The van der Waals surface area contributed by atoms with Crippen molar-refractivity contribution in [1.29, 1.82) is 0 Å². The second-order valence-electron chi connectivity index (χ2n) is 6.16. The normalized spacial score (nSPS) is 10.6. The van der Waals surface area contributed by atoms with Crippen molar-refractivity contribution in [2.24, 2.45) is 0 Å². The van der Waals surface area contributed by atoms with E-state index in [-0.39, 0.29) is 22.9 Å². The zero-order chi connectivity index (χ0) is 18.2. The van der Waals surface area contributed by atoms with Crippen molar-refractivity contribution in [2.75, 3.05) is 5.32 Å². The van der Waals surface area contributed by atoms with Gasteiger partial charge in [-0.1, -0.05) is 38.8 Å². The van der Waals surface area contributed by atoms with E-state index < -0.39 is 0 Å². The molecule has 0 aliphatic heterocycles. The molecule has 2 rings (SSSR count). The van der Waals surface area contributed by atoms with Gasteiger partial charge in [-0.05, 0) is 36.6 Å². The Bertz CT molecular complexity index is 781. The number of carbonyl (C=O) groups excluding carboxylic acids is 1. The van der Waals surface area contributed by atoms with Crippen molar-refractivity contribution in [3.05, 3.63) is 46.9 Å². The lowest BCUT2D eigenvalue weighted by Gasteiger charge is -2.14. The van der Waals surface area contributed by atoms with E-state index >= 15 is 0 Å². The van der Waals surface area contributed by atoms with E-state index in [1.54, 1.807) is 29.0 Å². The summed E-state index contributed by atoms with van der Waals surface area (Å²) in [6.45, 7) is 4.71. The molecule has 2 aromatic rings. The molecule has 5 heteroatoms. The Kier molecular flexibility index (Phi) is 6.81. The minimum absolute atomic E-state index is 0.121. The van der Waals surface area contributed by atoms with Crippen molar-refractivity contribution in [2.45, 2.75) is 52.5 Å². The van der Waals surface area contributed by atoms with Crippen molar-refractivity contribution >= 4 is 11.6 Å². The molecule has 0 fully saturated rings. The fourth-order valence-corrected chi connectivity index (χ4v) is 2.65. The number of anilines is 1. The van der Waals surface area contributed by atoms with E-state index in [9.17, 15) is 14.7 Å². The predicted molar refractivity (Wildman–Crippen MR) is 101 cm³/mol. The number of amides is 1. The molecule has 1 heterocycles. The molecule has 25 heavy (non-hydrogen) atoms. The Morgan fingerprint density at radius 1 is 1.16 bits per heavy atom. The Balaban J connectivity index is 2.45. The number of phenols is 1. The Hall–Kier alpha value is -2.56. The molecular formula is C20H26N2O3. The van der Waals surface area contributed by atoms with Crippen LogP contribution < -0.4 is 10.9 Å². The summed E-state index contributed by atoms with van der Waals surface area (Å²) in [5, 5.41) is 12.5. The van der Waals surface area contributed by atoms with Crippen LogP contribution in [0.5, 0.6) is 5.75 Å². The van der Waals surface area contributed by atoms with E-state index in [2.05, 4.69) is 12.2 Å². The number of nitrogens with zero attached hydrogens (tertiary/aromatic N) is 1. The number of aromatic hydroxyl groups is 1. The van der Waals surface area contributed by atoms with Gasteiger partial charge in [0.1, 0.15) is 11.4 Å². The van der Waals surface area contributed by atoms with Gasteiger partial charge in [0.2, 0.25) is 5.91 Å². The molecule has 5 nitrogen and oxygen atoms in total. The average Bonchev–Trinajstić information content (AvgIpc) is 2.60. The van der Waals surface area contributed by atoms with E-state index in [1.165, 1.54) is 0 Å². The summed E-state index contributed by atoms with van der Waals surface area (Å²) in [5.74, 6) is -0.0375. The largest absolute Gasteiger partial charge is 0.508 e. The number of aromatic nitrogens is 1. The van der Waals surface area contributed by atoms with E-state index in [4.69, 9.17) is 0 Å². The van der Waals surface area contributed by atoms with Crippen LogP contribution in [-0.4, -0.2) is 15.6 Å². The number of unbranched alkanes of at least 4 members (excludes halogenated alkanes) is 2. The minimum Gasteiger partial charge on any atom is -0.508 e. The van der Waals surface area contributed by atoms with E-state index in [1.807, 2.05) is 19.1 Å². The number of hydrogen-bond acceptors (Lipinski definition) is 3. The fourth-order valence-electron chi connectivity index (χ4n) is 2.65. The number of nitrogens with one attached hydrogen (secondary N) is 1. The highest BCUT2D eigenvalue weighted by Gasteiger charge is 2.15. The SMILES string of the molecule is CCCCC(=O)Nc1c(-c2cccc(O)c2)ccn(CCCC)c1=O. The highest BCUT2D eigenvalue weighted by Crippen LogP contribution is 2.28. The van der Waals surface area contributed by atoms with Crippen LogP contribution in [0, 0.1) is 0 Å². The molecule has 2 N–H and O–H groups in total. The first kappa shape index (κ1) is 18.8. The molecular weight excluding hydrogens is 316 g/mol. The van der Waals surface area contributed by atoms with Crippen LogP contribution in [0.4, 0.5) is 5.69 Å². The molecule has 1 amide bonds. The maximum absolute atomic E-state index is 12.8. The topological polar surface area (TPSA) is 71.3 Å². The predicted octanol–water partition coefficient (Wildman–Crippen LogP) is 4.15. The highest BCUT2D eigenvalue weighted by molar-refractivity contribution is 5.95. The van der Waals surface area contributed by atoms with Crippen LogP contribution in [0.15, 0.2) is 41.3 Å². The molecule has 0 bridgehead atoms. The van der Waals surface area contributed by atoms with Crippen molar-refractivity contribution in [3.63, 3.8) is 0 Å². The maximum atomic E-state index is 12.8. The molecule has 0 radical (unpaired) electrons. The van der Waals surface area contributed by atoms with Crippen LogP contribution in [0.2, 0.25) is 0 Å². The first-order valence-corrected chi connectivity index (χ1v) is 8.89. The fraction of sp³-hybridized carbons (Fsp3) is 0.400. The van der Waals surface area contributed by atoms with Gasteiger partial charge in [-0.2, -0.15) is 0 Å². The van der Waals surface area contributed by atoms with Gasteiger partial charge in [0.25, 0.3) is 5.56 Å². The molecule has 0 saturated carbocycles. The van der Waals surface area contributed by atoms with Crippen molar-refractivity contribution in [1.82, 2.24) is 4.57 Å². The first-order chi connectivity index (χ1) is 12.1. The van der Waals surface area contributed by atoms with Crippen molar-refractivity contribution in [3.8, 4) is 16.9 Å². The smallest absolute Gasteiger partial charge is 0.274 e. The van der Waals surface area contributed by atoms with E-state index in [0.29, 0.717) is 24.1 Å². The van der Waals surface area contributed by atoms with Crippen LogP contribution in [0.25, 0.3) is 11.1 Å². The lowest BCUT2D eigenvalue weighted by Crippen LogP contribution is -2.26. The Labute approximate surface area is 148 Å². The third-order valence-electron chi connectivity index (χ3n) is 4.10. The lowest BCUT2D eigenvalue weighted by atomic mass is 10.0. The molecule has 134 valence electrons. The van der Waals surface area contributed by atoms with Gasteiger partial charge in [0.15, 0.2) is 0 Å². The summed E-state index contributed by atoms with van der Waals surface area (Å²) in [6, 6.07) is 8.52. The molecule has 0 saturated heterocycles.